The predicted molar refractivity (Wildman–Crippen MR) is 63.0 cm³/mol. The largest absolute Gasteiger partial charge is 0.435 e. The molecular weight excluding hydrogens is 244 g/mol. The standard InChI is InChI=1S/C7H8O3S.C4H6O2/c1-6-2-4-7(5-3-6)11(8,9)10;1-3-6-4(2)5/h2-5H,1H3,(H,8,9,10);3H,1H2,2H3. The number of aryl methyl sites for hydroxylation is 1. The van der Waals surface area contributed by atoms with Crippen LogP contribution >= 0.6 is 0 Å². The molecule has 1 aromatic carbocycles. The second-order valence-electron chi connectivity index (χ2n) is 3.06. The van der Waals surface area contributed by atoms with E-state index < -0.39 is 10.1 Å². The van der Waals surface area contributed by atoms with Gasteiger partial charge in [-0.2, -0.15) is 8.42 Å². The maximum absolute atomic E-state index is 10.5. The number of hydrogen-bond donors (Lipinski definition) is 1. The van der Waals surface area contributed by atoms with Gasteiger partial charge in [-0.3, -0.25) is 9.35 Å². The maximum atomic E-state index is 10.5. The van der Waals surface area contributed by atoms with Gasteiger partial charge in [-0.05, 0) is 19.1 Å². The van der Waals surface area contributed by atoms with Crippen LogP contribution in [0.3, 0.4) is 0 Å². The number of benzene rings is 1. The lowest BCUT2D eigenvalue weighted by Gasteiger charge is -1.95. The molecule has 0 fully saturated rings. The smallest absolute Gasteiger partial charge is 0.307 e. The zero-order valence-electron chi connectivity index (χ0n) is 9.58. The molecule has 0 heterocycles. The molecule has 0 saturated carbocycles. The molecule has 0 atom stereocenters. The number of hydrogen-bond acceptors (Lipinski definition) is 4. The monoisotopic (exact) mass is 258 g/mol. The highest BCUT2D eigenvalue weighted by Gasteiger charge is 2.06. The van der Waals surface area contributed by atoms with E-state index >= 15 is 0 Å². The van der Waals surface area contributed by atoms with Crippen molar-refractivity contribution in [1.82, 2.24) is 0 Å². The van der Waals surface area contributed by atoms with Gasteiger partial charge in [0.25, 0.3) is 10.1 Å². The van der Waals surface area contributed by atoms with Crippen LogP contribution in [-0.4, -0.2) is 18.9 Å². The Kier molecular flexibility index (Phi) is 6.16. The molecule has 94 valence electrons. The summed E-state index contributed by atoms with van der Waals surface area (Å²) in [5.74, 6) is -0.329. The average Bonchev–Trinajstić information content (AvgIpc) is 2.17. The molecule has 0 saturated heterocycles. The molecule has 0 unspecified atom stereocenters. The second-order valence-corrected chi connectivity index (χ2v) is 4.49. The van der Waals surface area contributed by atoms with Crippen LogP contribution in [0.5, 0.6) is 0 Å². The van der Waals surface area contributed by atoms with Gasteiger partial charge >= 0.3 is 5.97 Å². The third-order valence-corrected chi connectivity index (χ3v) is 2.44. The Morgan fingerprint density at radius 2 is 1.82 bits per heavy atom. The van der Waals surface area contributed by atoms with Crippen molar-refractivity contribution in [2.24, 2.45) is 0 Å². The molecule has 0 spiro atoms. The molecule has 0 aromatic heterocycles. The summed E-state index contributed by atoms with van der Waals surface area (Å²) in [6, 6.07) is 5.99. The predicted octanol–water partition coefficient (Wildman–Crippen LogP) is 1.93. The van der Waals surface area contributed by atoms with E-state index in [9.17, 15) is 13.2 Å². The molecule has 1 rings (SSSR count). The van der Waals surface area contributed by atoms with Gasteiger partial charge in [-0.15, -0.1) is 0 Å². The van der Waals surface area contributed by atoms with Gasteiger partial charge in [0.15, 0.2) is 0 Å². The van der Waals surface area contributed by atoms with Crippen molar-refractivity contribution in [1.29, 1.82) is 0 Å². The summed E-state index contributed by atoms with van der Waals surface area (Å²) >= 11 is 0. The molecule has 0 aliphatic rings. The van der Waals surface area contributed by atoms with E-state index in [0.717, 1.165) is 11.8 Å². The number of rotatable bonds is 2. The van der Waals surface area contributed by atoms with Crippen LogP contribution in [0.4, 0.5) is 0 Å². The highest BCUT2D eigenvalue weighted by molar-refractivity contribution is 7.85. The fourth-order valence-corrected chi connectivity index (χ4v) is 1.31. The van der Waals surface area contributed by atoms with Crippen LogP contribution in [0.2, 0.25) is 0 Å². The van der Waals surface area contributed by atoms with Crippen LogP contribution in [0, 0.1) is 6.92 Å². The molecule has 1 aromatic rings. The van der Waals surface area contributed by atoms with E-state index in [2.05, 4.69) is 11.3 Å². The molecule has 17 heavy (non-hydrogen) atoms. The van der Waals surface area contributed by atoms with E-state index in [1.807, 2.05) is 6.92 Å². The molecule has 0 amide bonds. The minimum atomic E-state index is -4.02. The summed E-state index contributed by atoms with van der Waals surface area (Å²) in [4.78, 5) is 9.68. The van der Waals surface area contributed by atoms with Crippen LogP contribution in [0.1, 0.15) is 12.5 Å². The van der Waals surface area contributed by atoms with Crippen LogP contribution in [0.25, 0.3) is 0 Å². The van der Waals surface area contributed by atoms with Crippen molar-refractivity contribution in [3.8, 4) is 0 Å². The quantitative estimate of drug-likeness (QED) is 0.498. The second kappa shape index (κ2) is 6.82. The van der Waals surface area contributed by atoms with Crippen LogP contribution in [-0.2, 0) is 19.6 Å². The van der Waals surface area contributed by atoms with E-state index in [0.29, 0.717) is 0 Å². The molecule has 0 aliphatic carbocycles. The molecule has 0 bridgehead atoms. The van der Waals surface area contributed by atoms with Crippen molar-refractivity contribution in [3.05, 3.63) is 42.7 Å². The van der Waals surface area contributed by atoms with Gasteiger partial charge in [0, 0.05) is 6.92 Å². The normalized spacial score (nSPS) is 9.82. The summed E-state index contributed by atoms with van der Waals surface area (Å²) in [5.41, 5.74) is 0.956. The molecule has 1 N–H and O–H groups in total. The summed E-state index contributed by atoms with van der Waals surface area (Å²) in [5, 5.41) is 0. The summed E-state index contributed by atoms with van der Waals surface area (Å²) in [7, 11) is -4.02. The average molecular weight is 258 g/mol. The Morgan fingerprint density at radius 3 is 2.06 bits per heavy atom. The highest BCUT2D eigenvalue weighted by atomic mass is 32.2. The maximum Gasteiger partial charge on any atom is 0.307 e. The highest BCUT2D eigenvalue weighted by Crippen LogP contribution is 2.08. The van der Waals surface area contributed by atoms with Crippen molar-refractivity contribution >= 4 is 16.1 Å². The number of ether oxygens (including phenoxy) is 1. The fourth-order valence-electron chi connectivity index (χ4n) is 0.828. The van der Waals surface area contributed by atoms with Gasteiger partial charge in [-0.1, -0.05) is 24.3 Å². The summed E-state index contributed by atoms with van der Waals surface area (Å²) < 4.78 is 33.7. The minimum Gasteiger partial charge on any atom is -0.435 e. The molecule has 5 nitrogen and oxygen atoms in total. The first-order valence-electron chi connectivity index (χ1n) is 4.59. The molecular formula is C11H14O5S. The van der Waals surface area contributed by atoms with E-state index in [1.165, 1.54) is 19.1 Å². The Bertz CT molecular complexity index is 473. The van der Waals surface area contributed by atoms with Gasteiger partial charge in [-0.25, -0.2) is 0 Å². The lowest BCUT2D eigenvalue weighted by atomic mass is 10.2. The minimum absolute atomic E-state index is 0.0666. The first-order chi connectivity index (χ1) is 7.77. The van der Waals surface area contributed by atoms with E-state index in [4.69, 9.17) is 4.55 Å². The number of carbonyl (C=O) groups is 1. The number of esters is 1. The molecule has 0 radical (unpaired) electrons. The summed E-state index contributed by atoms with van der Waals surface area (Å²) in [6.07, 6.45) is 1.10. The first kappa shape index (κ1) is 15.3. The Balaban J connectivity index is 0.000000366. The van der Waals surface area contributed by atoms with Gasteiger partial charge in [0.1, 0.15) is 0 Å². The molecule has 6 heteroatoms. The summed E-state index contributed by atoms with van der Waals surface area (Å²) in [6.45, 7) is 6.32. The van der Waals surface area contributed by atoms with Crippen molar-refractivity contribution in [2.45, 2.75) is 18.7 Å². The Morgan fingerprint density at radius 1 is 1.35 bits per heavy atom. The van der Waals surface area contributed by atoms with Gasteiger partial charge < -0.3 is 4.74 Å². The number of carbonyl (C=O) groups excluding carboxylic acids is 1. The third kappa shape index (κ3) is 7.26. The topological polar surface area (TPSA) is 80.7 Å². The third-order valence-electron chi connectivity index (χ3n) is 1.57. The van der Waals surface area contributed by atoms with Crippen molar-refractivity contribution in [3.63, 3.8) is 0 Å². The fraction of sp³-hybridized carbons (Fsp3) is 0.182. The van der Waals surface area contributed by atoms with E-state index in [-0.39, 0.29) is 10.9 Å². The van der Waals surface area contributed by atoms with Crippen LogP contribution < -0.4 is 0 Å². The first-order valence-corrected chi connectivity index (χ1v) is 6.03. The SMILES string of the molecule is C=COC(C)=O.Cc1ccc(S(=O)(=O)O)cc1. The van der Waals surface area contributed by atoms with Gasteiger partial charge in [0.05, 0.1) is 11.2 Å². The lowest BCUT2D eigenvalue weighted by molar-refractivity contribution is -0.135. The Hall–Kier alpha value is -1.66. The zero-order chi connectivity index (χ0) is 13.5. The van der Waals surface area contributed by atoms with E-state index in [1.54, 1.807) is 12.1 Å². The Labute approximate surface area is 100 Å². The van der Waals surface area contributed by atoms with Crippen molar-refractivity contribution < 1.29 is 22.5 Å². The molecule has 0 aliphatic heterocycles. The van der Waals surface area contributed by atoms with Crippen molar-refractivity contribution in [2.75, 3.05) is 0 Å². The lowest BCUT2D eigenvalue weighted by Crippen LogP contribution is -1.96. The van der Waals surface area contributed by atoms with Crippen LogP contribution in [0.15, 0.2) is 42.0 Å². The van der Waals surface area contributed by atoms with Gasteiger partial charge in [0.2, 0.25) is 0 Å². The zero-order valence-corrected chi connectivity index (χ0v) is 10.4.